The van der Waals surface area contributed by atoms with Gasteiger partial charge in [-0.15, -0.1) is 0 Å². The molecule has 0 saturated carbocycles. The fourth-order valence-corrected chi connectivity index (χ4v) is 2.42. The molecule has 6 heteroatoms. The minimum Gasteiger partial charge on any atom is -0.483 e. The molecule has 22 heavy (non-hydrogen) atoms. The monoisotopic (exact) mass is 418 g/mol. The third kappa shape index (κ3) is 3.73. The van der Waals surface area contributed by atoms with Crippen molar-refractivity contribution in [2.75, 3.05) is 6.61 Å². The van der Waals surface area contributed by atoms with E-state index in [0.29, 0.717) is 0 Å². The van der Waals surface area contributed by atoms with E-state index in [2.05, 4.69) is 0 Å². The van der Waals surface area contributed by atoms with E-state index in [1.165, 1.54) is 0 Å². The number of carbonyl (C=O) groups excluding carboxylic acids is 1. The van der Waals surface area contributed by atoms with Gasteiger partial charge >= 0.3 is 5.97 Å². The summed E-state index contributed by atoms with van der Waals surface area (Å²) in [5.41, 5.74) is 0.635. The van der Waals surface area contributed by atoms with Crippen LogP contribution in [0.5, 0.6) is 5.75 Å². The van der Waals surface area contributed by atoms with Gasteiger partial charge in [0.2, 0.25) is 0 Å². The number of ether oxygens (including phenoxy) is 2. The molecule has 0 heterocycles. The van der Waals surface area contributed by atoms with E-state index in [4.69, 9.17) is 9.47 Å². The molecule has 2 rings (SSSR count). The number of halogens is 3. The summed E-state index contributed by atoms with van der Waals surface area (Å²) in [4.78, 5) is 11.7. The Kier molecular flexibility index (Phi) is 5.70. The summed E-state index contributed by atoms with van der Waals surface area (Å²) >= 11 is 1.63. The van der Waals surface area contributed by atoms with Crippen molar-refractivity contribution >= 4 is 28.6 Å². The van der Waals surface area contributed by atoms with E-state index in [1.807, 2.05) is 6.07 Å². The molecule has 0 radical (unpaired) electrons. The zero-order valence-electron chi connectivity index (χ0n) is 11.7. The lowest BCUT2D eigenvalue weighted by molar-refractivity contribution is 0.0523. The van der Waals surface area contributed by atoms with Gasteiger partial charge in [0.05, 0.1) is 15.7 Å². The number of esters is 1. The Balaban J connectivity index is 2.26. The number of hydrogen-bond donors (Lipinski definition) is 0. The van der Waals surface area contributed by atoms with Crippen LogP contribution in [-0.4, -0.2) is 12.6 Å². The summed E-state index contributed by atoms with van der Waals surface area (Å²) in [7, 11) is 0. The molecule has 0 N–H and O–H groups in total. The van der Waals surface area contributed by atoms with Crippen LogP contribution in [0.25, 0.3) is 0 Å². The second-order valence-corrected chi connectivity index (χ2v) is 5.44. The molecular weight excluding hydrogens is 405 g/mol. The Morgan fingerprint density at radius 2 is 1.91 bits per heavy atom. The summed E-state index contributed by atoms with van der Waals surface area (Å²) < 4.78 is 38.2. The first-order valence-electron chi connectivity index (χ1n) is 6.56. The molecule has 0 aliphatic carbocycles. The van der Waals surface area contributed by atoms with Crippen LogP contribution in [0.3, 0.4) is 0 Å². The maximum absolute atomic E-state index is 14.2. The zero-order valence-corrected chi connectivity index (χ0v) is 13.9. The topological polar surface area (TPSA) is 35.5 Å². The maximum Gasteiger partial charge on any atom is 0.339 e. The number of benzene rings is 2. The number of hydrogen-bond acceptors (Lipinski definition) is 3. The Morgan fingerprint density at radius 1 is 1.23 bits per heavy atom. The highest BCUT2D eigenvalue weighted by Gasteiger charge is 2.23. The van der Waals surface area contributed by atoms with Crippen LogP contribution >= 0.6 is 22.6 Å². The van der Waals surface area contributed by atoms with Gasteiger partial charge in [-0.1, -0.05) is 30.3 Å². The number of rotatable bonds is 5. The van der Waals surface area contributed by atoms with Gasteiger partial charge in [0.25, 0.3) is 0 Å². The van der Waals surface area contributed by atoms with E-state index >= 15 is 0 Å². The highest BCUT2D eigenvalue weighted by Crippen LogP contribution is 2.30. The van der Waals surface area contributed by atoms with Gasteiger partial charge < -0.3 is 9.47 Å². The molecule has 2 aromatic carbocycles. The van der Waals surface area contributed by atoms with Crippen LogP contribution in [-0.2, 0) is 11.3 Å². The van der Waals surface area contributed by atoms with Crippen molar-refractivity contribution in [3.8, 4) is 5.75 Å². The van der Waals surface area contributed by atoms with Crippen molar-refractivity contribution in [3.63, 3.8) is 0 Å². The third-order valence-electron chi connectivity index (χ3n) is 2.84. The molecule has 3 nitrogen and oxygen atoms in total. The van der Waals surface area contributed by atoms with Crippen molar-refractivity contribution in [3.05, 3.63) is 62.7 Å². The number of carbonyl (C=O) groups is 1. The first-order chi connectivity index (χ1) is 10.5. The largest absolute Gasteiger partial charge is 0.483 e. The summed E-state index contributed by atoms with van der Waals surface area (Å²) in [6.07, 6.45) is 0. The van der Waals surface area contributed by atoms with Gasteiger partial charge in [0, 0.05) is 0 Å². The normalized spacial score (nSPS) is 10.4. The van der Waals surface area contributed by atoms with E-state index in [-0.39, 0.29) is 22.3 Å². The standard InChI is InChI=1S/C16H13F2IO3/c1-2-21-16(20)11-8-12(17)15(13(18)14(11)19)22-9-10-6-4-3-5-7-10/h3-8H,2,9H2,1H3. The quantitative estimate of drug-likeness (QED) is 0.412. The average Bonchev–Trinajstić information content (AvgIpc) is 2.52. The smallest absolute Gasteiger partial charge is 0.339 e. The van der Waals surface area contributed by atoms with Gasteiger partial charge in [0.15, 0.2) is 17.4 Å². The summed E-state index contributed by atoms with van der Waals surface area (Å²) in [5.74, 6) is -3.10. The molecule has 0 amide bonds. The minimum absolute atomic E-state index is 0.0273. The molecule has 0 spiro atoms. The van der Waals surface area contributed by atoms with Crippen molar-refractivity contribution in [2.24, 2.45) is 0 Å². The maximum atomic E-state index is 14.2. The van der Waals surface area contributed by atoms with E-state index in [0.717, 1.165) is 11.6 Å². The second-order valence-electron chi connectivity index (χ2n) is 4.36. The van der Waals surface area contributed by atoms with Gasteiger partial charge in [0.1, 0.15) is 6.61 Å². The lowest BCUT2D eigenvalue weighted by Gasteiger charge is -2.12. The Bertz CT molecular complexity index is 675. The molecule has 0 saturated heterocycles. The van der Waals surface area contributed by atoms with Gasteiger partial charge in [-0.05, 0) is 41.1 Å². The van der Waals surface area contributed by atoms with E-state index in [1.54, 1.807) is 53.8 Å². The summed E-state index contributed by atoms with van der Waals surface area (Å²) in [5, 5.41) is 0. The molecule has 116 valence electrons. The lowest BCUT2D eigenvalue weighted by atomic mass is 10.2. The molecule has 0 aliphatic heterocycles. The Labute approximate surface area is 140 Å². The molecule has 0 atom stereocenters. The van der Waals surface area contributed by atoms with Crippen LogP contribution < -0.4 is 4.74 Å². The fourth-order valence-electron chi connectivity index (χ4n) is 1.80. The third-order valence-corrected chi connectivity index (χ3v) is 3.89. The fraction of sp³-hybridized carbons (Fsp3) is 0.188. The molecule has 0 aromatic heterocycles. The summed E-state index contributed by atoms with van der Waals surface area (Å²) in [6, 6.07) is 9.95. The van der Waals surface area contributed by atoms with Gasteiger partial charge in [-0.3, -0.25) is 0 Å². The molecule has 0 unspecified atom stereocenters. The van der Waals surface area contributed by atoms with E-state index < -0.39 is 23.4 Å². The molecule has 0 fully saturated rings. The second kappa shape index (κ2) is 7.53. The average molecular weight is 418 g/mol. The predicted molar refractivity (Wildman–Crippen MR) is 85.8 cm³/mol. The van der Waals surface area contributed by atoms with Gasteiger partial charge in [-0.25, -0.2) is 13.6 Å². The molecular formula is C16H13F2IO3. The highest BCUT2D eigenvalue weighted by molar-refractivity contribution is 14.1. The zero-order chi connectivity index (χ0) is 16.1. The lowest BCUT2D eigenvalue weighted by Crippen LogP contribution is -2.10. The van der Waals surface area contributed by atoms with Crippen LogP contribution in [0.1, 0.15) is 22.8 Å². The van der Waals surface area contributed by atoms with E-state index in [9.17, 15) is 13.6 Å². The Hall–Kier alpha value is -1.70. The van der Waals surface area contributed by atoms with Crippen LogP contribution in [0.4, 0.5) is 8.78 Å². The summed E-state index contributed by atoms with van der Waals surface area (Å²) in [6.45, 7) is 1.78. The first-order valence-corrected chi connectivity index (χ1v) is 7.63. The van der Waals surface area contributed by atoms with Crippen molar-refractivity contribution in [1.29, 1.82) is 0 Å². The van der Waals surface area contributed by atoms with Gasteiger partial charge in [-0.2, -0.15) is 0 Å². The van der Waals surface area contributed by atoms with Crippen LogP contribution in [0.15, 0.2) is 36.4 Å². The first kappa shape index (κ1) is 16.7. The minimum atomic E-state index is -0.933. The molecule has 0 bridgehead atoms. The van der Waals surface area contributed by atoms with Crippen LogP contribution in [0.2, 0.25) is 0 Å². The predicted octanol–water partition coefficient (Wildman–Crippen LogP) is 4.33. The van der Waals surface area contributed by atoms with Crippen molar-refractivity contribution in [1.82, 2.24) is 0 Å². The molecule has 2 aromatic rings. The van der Waals surface area contributed by atoms with Crippen LogP contribution in [0, 0.1) is 15.2 Å². The van der Waals surface area contributed by atoms with Crippen molar-refractivity contribution in [2.45, 2.75) is 13.5 Å². The highest BCUT2D eigenvalue weighted by atomic mass is 127. The SMILES string of the molecule is CCOC(=O)c1cc(F)c(OCc2ccccc2)c(F)c1I. The Morgan fingerprint density at radius 3 is 2.55 bits per heavy atom. The molecule has 0 aliphatic rings. The van der Waals surface area contributed by atoms with Crippen molar-refractivity contribution < 1.29 is 23.0 Å².